The van der Waals surface area contributed by atoms with Gasteiger partial charge in [-0.1, -0.05) is 27.2 Å². The summed E-state index contributed by atoms with van der Waals surface area (Å²) in [4.78, 5) is 36.8. The average Bonchev–Trinajstić information content (AvgIpc) is 3.32. The maximum atomic E-state index is 12.9. The molecule has 0 spiro atoms. The number of esters is 3. The number of hydrogen-bond donors (Lipinski definition) is 1. The van der Waals surface area contributed by atoms with Crippen molar-refractivity contribution in [3.05, 3.63) is 0 Å². The van der Waals surface area contributed by atoms with E-state index >= 15 is 0 Å². The first-order valence-corrected chi connectivity index (χ1v) is 11.8. The molecule has 178 valence electrons. The van der Waals surface area contributed by atoms with E-state index in [1.165, 1.54) is 20.3 Å². The first-order valence-electron chi connectivity index (χ1n) is 11.8. The molecule has 5 aliphatic rings. The first-order chi connectivity index (χ1) is 14.9. The number of rotatable bonds is 3. The van der Waals surface area contributed by atoms with E-state index < -0.39 is 54.0 Å². The zero-order valence-electron chi connectivity index (χ0n) is 19.5. The van der Waals surface area contributed by atoms with Crippen molar-refractivity contribution in [1.82, 2.24) is 0 Å². The maximum Gasteiger partial charge on any atom is 0.344 e. The smallest absolute Gasteiger partial charge is 0.344 e. The van der Waals surface area contributed by atoms with Crippen LogP contribution < -0.4 is 0 Å². The van der Waals surface area contributed by atoms with Gasteiger partial charge in [0.05, 0.1) is 5.92 Å². The third-order valence-corrected chi connectivity index (χ3v) is 9.51. The van der Waals surface area contributed by atoms with Crippen LogP contribution in [0.5, 0.6) is 0 Å². The fraction of sp³-hybridized carbons (Fsp3) is 0.875. The molecule has 8 nitrogen and oxygen atoms in total. The molecular weight excluding hydrogens is 416 g/mol. The highest BCUT2D eigenvalue weighted by Crippen LogP contribution is 2.69. The van der Waals surface area contributed by atoms with Crippen LogP contribution in [0.15, 0.2) is 0 Å². The lowest BCUT2D eigenvalue weighted by molar-refractivity contribution is -0.212. The van der Waals surface area contributed by atoms with E-state index in [2.05, 4.69) is 20.8 Å². The van der Waals surface area contributed by atoms with Crippen LogP contribution in [0.4, 0.5) is 0 Å². The van der Waals surface area contributed by atoms with E-state index in [1.807, 2.05) is 0 Å². The molecule has 3 saturated carbocycles. The number of ether oxygens (including phenoxy) is 4. The van der Waals surface area contributed by atoms with Crippen LogP contribution in [0.3, 0.4) is 0 Å². The van der Waals surface area contributed by atoms with Gasteiger partial charge in [0.1, 0.15) is 6.10 Å². The van der Waals surface area contributed by atoms with Crippen LogP contribution in [0.1, 0.15) is 66.7 Å². The van der Waals surface area contributed by atoms with Crippen molar-refractivity contribution in [2.75, 3.05) is 0 Å². The molecule has 0 amide bonds. The Morgan fingerprint density at radius 3 is 2.38 bits per heavy atom. The predicted octanol–water partition coefficient (Wildman–Crippen LogP) is 2.56. The fourth-order valence-electron chi connectivity index (χ4n) is 8.55. The molecule has 0 bridgehead atoms. The van der Waals surface area contributed by atoms with Gasteiger partial charge in [0.25, 0.3) is 0 Å². The number of aliphatic hydroxyl groups is 1. The normalized spacial score (nSPS) is 50.5. The van der Waals surface area contributed by atoms with Gasteiger partial charge in [0.2, 0.25) is 18.2 Å². The minimum Gasteiger partial charge on any atom is -0.458 e. The highest BCUT2D eigenvalue weighted by molar-refractivity contribution is 5.85. The van der Waals surface area contributed by atoms with Gasteiger partial charge in [-0.15, -0.1) is 0 Å². The van der Waals surface area contributed by atoms with Gasteiger partial charge < -0.3 is 24.1 Å². The molecule has 0 aromatic heterocycles. The summed E-state index contributed by atoms with van der Waals surface area (Å²) < 4.78 is 22.4. The van der Waals surface area contributed by atoms with E-state index in [-0.39, 0.29) is 22.7 Å². The molecule has 2 aliphatic heterocycles. The third-order valence-electron chi connectivity index (χ3n) is 9.51. The van der Waals surface area contributed by atoms with Crippen LogP contribution >= 0.6 is 0 Å². The molecule has 0 aromatic rings. The molecule has 2 heterocycles. The number of carbonyl (C=O) groups excluding carboxylic acids is 3. The summed E-state index contributed by atoms with van der Waals surface area (Å²) in [6.45, 7) is 9.55. The Kier molecular flexibility index (Phi) is 4.79. The quantitative estimate of drug-likeness (QED) is 0.516. The molecule has 5 fully saturated rings. The van der Waals surface area contributed by atoms with Crippen molar-refractivity contribution < 1.29 is 38.4 Å². The van der Waals surface area contributed by atoms with Gasteiger partial charge in [-0.3, -0.25) is 9.59 Å². The Morgan fingerprint density at radius 1 is 1.03 bits per heavy atom. The molecule has 0 aromatic carbocycles. The molecule has 5 rings (SSSR count). The van der Waals surface area contributed by atoms with Crippen molar-refractivity contribution in [3.63, 3.8) is 0 Å². The first kappa shape index (κ1) is 22.1. The van der Waals surface area contributed by atoms with E-state index in [0.717, 1.165) is 25.7 Å². The predicted molar refractivity (Wildman–Crippen MR) is 109 cm³/mol. The SMILES string of the molecule is CC(=O)OC1OC2OC(=O)C3(O)C(OC(C)=O)C(C4CCC5C(C)(C)CCCC45C)C1C23. The lowest BCUT2D eigenvalue weighted by atomic mass is 9.53. The number of fused-ring (bicyclic) bond motifs is 1. The van der Waals surface area contributed by atoms with Crippen molar-refractivity contribution in [2.24, 2.45) is 40.4 Å². The summed E-state index contributed by atoms with van der Waals surface area (Å²) in [5, 5.41) is 11.7. The van der Waals surface area contributed by atoms with E-state index in [0.29, 0.717) is 5.92 Å². The Bertz CT molecular complexity index is 853. The molecule has 1 N–H and O–H groups in total. The van der Waals surface area contributed by atoms with Gasteiger partial charge in [-0.05, 0) is 48.3 Å². The average molecular weight is 451 g/mol. The van der Waals surface area contributed by atoms with Crippen LogP contribution in [0.2, 0.25) is 0 Å². The zero-order chi connectivity index (χ0) is 23.2. The molecule has 10 atom stereocenters. The molecule has 0 radical (unpaired) electrons. The minimum atomic E-state index is -2.00. The second-order valence-corrected chi connectivity index (χ2v) is 11.5. The summed E-state index contributed by atoms with van der Waals surface area (Å²) in [7, 11) is 0. The van der Waals surface area contributed by atoms with E-state index in [4.69, 9.17) is 18.9 Å². The monoisotopic (exact) mass is 450 g/mol. The van der Waals surface area contributed by atoms with Gasteiger partial charge in [0.15, 0.2) is 0 Å². The molecule has 2 saturated heterocycles. The standard InChI is InChI=1S/C24H34O8/c1-11(25)29-18-15(13-7-8-14-22(3,4)9-6-10-23(13,14)5)16-17-20(31-19(16)30-12(2)26)32-21(27)24(17,18)28/h13-20,28H,6-10H2,1-5H3. The third kappa shape index (κ3) is 2.77. The molecular formula is C24H34O8. The Morgan fingerprint density at radius 2 is 1.72 bits per heavy atom. The summed E-state index contributed by atoms with van der Waals surface area (Å²) in [6, 6.07) is 0. The van der Waals surface area contributed by atoms with Crippen molar-refractivity contribution >= 4 is 17.9 Å². The van der Waals surface area contributed by atoms with Gasteiger partial charge in [-0.2, -0.15) is 0 Å². The highest BCUT2D eigenvalue weighted by Gasteiger charge is 2.80. The van der Waals surface area contributed by atoms with Gasteiger partial charge >= 0.3 is 17.9 Å². The summed E-state index contributed by atoms with van der Waals surface area (Å²) in [5.41, 5.74) is -1.85. The maximum absolute atomic E-state index is 12.9. The topological polar surface area (TPSA) is 108 Å². The number of hydrogen-bond acceptors (Lipinski definition) is 8. The van der Waals surface area contributed by atoms with Crippen molar-refractivity contribution in [2.45, 2.75) is 91.0 Å². The van der Waals surface area contributed by atoms with Gasteiger partial charge in [0, 0.05) is 25.7 Å². The van der Waals surface area contributed by atoms with Crippen LogP contribution in [-0.2, 0) is 33.3 Å². The van der Waals surface area contributed by atoms with Crippen molar-refractivity contribution in [1.29, 1.82) is 0 Å². The molecule has 32 heavy (non-hydrogen) atoms. The second kappa shape index (κ2) is 6.92. The molecule has 10 unspecified atom stereocenters. The highest BCUT2D eigenvalue weighted by atomic mass is 16.8. The summed E-state index contributed by atoms with van der Waals surface area (Å²) >= 11 is 0. The Labute approximate surface area is 188 Å². The number of carbonyl (C=O) groups is 3. The zero-order valence-corrected chi connectivity index (χ0v) is 19.5. The van der Waals surface area contributed by atoms with Crippen LogP contribution in [0, 0.1) is 40.4 Å². The van der Waals surface area contributed by atoms with Crippen molar-refractivity contribution in [3.8, 4) is 0 Å². The lowest BCUT2D eigenvalue weighted by Crippen LogP contribution is -2.53. The fourth-order valence-corrected chi connectivity index (χ4v) is 8.55. The van der Waals surface area contributed by atoms with E-state index in [1.54, 1.807) is 0 Å². The van der Waals surface area contributed by atoms with E-state index in [9.17, 15) is 19.5 Å². The molecule has 8 heteroatoms. The minimum absolute atomic E-state index is 0.0391. The lowest BCUT2D eigenvalue weighted by Gasteiger charge is -2.52. The summed E-state index contributed by atoms with van der Waals surface area (Å²) in [5.74, 6) is -2.92. The summed E-state index contributed by atoms with van der Waals surface area (Å²) in [6.07, 6.45) is 2.23. The second-order valence-electron chi connectivity index (χ2n) is 11.5. The van der Waals surface area contributed by atoms with Crippen LogP contribution in [0.25, 0.3) is 0 Å². The Hall–Kier alpha value is -1.67. The molecule has 3 aliphatic carbocycles. The van der Waals surface area contributed by atoms with Crippen LogP contribution in [-0.4, -0.2) is 47.3 Å². The van der Waals surface area contributed by atoms with Gasteiger partial charge in [-0.25, -0.2) is 4.79 Å². The largest absolute Gasteiger partial charge is 0.458 e. The Balaban J connectivity index is 1.61.